The number of sulfonamides is 1. The van der Waals surface area contributed by atoms with Crippen LogP contribution in [0.15, 0.2) is 29.2 Å². The summed E-state index contributed by atoms with van der Waals surface area (Å²) in [6, 6.07) is 6.59. The molecule has 2 rings (SSSR count). The Labute approximate surface area is 121 Å². The summed E-state index contributed by atoms with van der Waals surface area (Å²) in [5.74, 6) is 1.08. The Bertz CT molecular complexity index is 546. The van der Waals surface area contributed by atoms with Crippen molar-refractivity contribution >= 4 is 10.0 Å². The molecule has 1 aliphatic rings. The monoisotopic (exact) mass is 297 g/mol. The summed E-state index contributed by atoms with van der Waals surface area (Å²) >= 11 is 0. The van der Waals surface area contributed by atoms with Gasteiger partial charge in [-0.1, -0.05) is 32.0 Å². The molecule has 5 heteroatoms. The standard InChI is InChI=1S/C15H23NO3S/c1-11-7-12(2)9-14(8-11)16-20(18,19)15-6-4-3-5-13(15)10-17/h3-6,11-12,14,16-17H,7-10H2,1-2H3. The van der Waals surface area contributed by atoms with Gasteiger partial charge in [-0.15, -0.1) is 0 Å². The van der Waals surface area contributed by atoms with Gasteiger partial charge in [-0.05, 0) is 42.7 Å². The minimum atomic E-state index is -3.56. The summed E-state index contributed by atoms with van der Waals surface area (Å²) in [7, 11) is -3.56. The Morgan fingerprint density at radius 2 is 1.75 bits per heavy atom. The molecule has 1 aromatic rings. The fraction of sp³-hybridized carbons (Fsp3) is 0.600. The first-order chi connectivity index (χ1) is 9.42. The second kappa shape index (κ2) is 6.24. The fourth-order valence-electron chi connectivity index (χ4n) is 3.22. The van der Waals surface area contributed by atoms with E-state index in [0.29, 0.717) is 17.4 Å². The van der Waals surface area contributed by atoms with Gasteiger partial charge in [0.1, 0.15) is 0 Å². The van der Waals surface area contributed by atoms with Gasteiger partial charge in [-0.3, -0.25) is 0 Å². The van der Waals surface area contributed by atoms with E-state index in [2.05, 4.69) is 18.6 Å². The van der Waals surface area contributed by atoms with Crippen molar-refractivity contribution in [1.82, 2.24) is 4.72 Å². The fourth-order valence-corrected chi connectivity index (χ4v) is 4.72. The molecule has 1 aromatic carbocycles. The first-order valence-corrected chi connectivity index (χ1v) is 8.61. The van der Waals surface area contributed by atoms with Crippen molar-refractivity contribution < 1.29 is 13.5 Å². The highest BCUT2D eigenvalue weighted by molar-refractivity contribution is 7.89. The van der Waals surface area contributed by atoms with Gasteiger partial charge in [-0.25, -0.2) is 13.1 Å². The van der Waals surface area contributed by atoms with Gasteiger partial charge in [0.2, 0.25) is 10.0 Å². The lowest BCUT2D eigenvalue weighted by Crippen LogP contribution is -2.40. The zero-order valence-corrected chi connectivity index (χ0v) is 12.9. The molecule has 0 radical (unpaired) electrons. The molecule has 0 heterocycles. The Hall–Kier alpha value is -0.910. The lowest BCUT2D eigenvalue weighted by Gasteiger charge is -2.31. The van der Waals surface area contributed by atoms with E-state index >= 15 is 0 Å². The number of benzene rings is 1. The quantitative estimate of drug-likeness (QED) is 0.896. The molecule has 20 heavy (non-hydrogen) atoms. The molecule has 2 atom stereocenters. The van der Waals surface area contributed by atoms with Crippen molar-refractivity contribution in [3.63, 3.8) is 0 Å². The van der Waals surface area contributed by atoms with E-state index in [1.165, 1.54) is 0 Å². The highest BCUT2D eigenvalue weighted by Crippen LogP contribution is 2.29. The van der Waals surface area contributed by atoms with Crippen LogP contribution in [0.25, 0.3) is 0 Å². The molecule has 0 aliphatic heterocycles. The van der Waals surface area contributed by atoms with Crippen LogP contribution in [0.3, 0.4) is 0 Å². The largest absolute Gasteiger partial charge is 0.392 e. The maximum atomic E-state index is 12.5. The minimum absolute atomic E-state index is 0.00880. The Kier molecular flexibility index (Phi) is 4.83. The van der Waals surface area contributed by atoms with Crippen molar-refractivity contribution in [2.45, 2.75) is 50.7 Å². The summed E-state index contributed by atoms with van der Waals surface area (Å²) in [5.41, 5.74) is 0.442. The molecule has 0 bridgehead atoms. The first kappa shape index (κ1) is 15.5. The van der Waals surface area contributed by atoms with Gasteiger partial charge in [0, 0.05) is 6.04 Å². The lowest BCUT2D eigenvalue weighted by atomic mass is 9.81. The molecular weight excluding hydrogens is 274 g/mol. The topological polar surface area (TPSA) is 66.4 Å². The molecular formula is C15H23NO3S. The number of aliphatic hydroxyl groups excluding tert-OH is 1. The smallest absolute Gasteiger partial charge is 0.241 e. The number of aliphatic hydroxyl groups is 1. The summed E-state index contributed by atoms with van der Waals surface area (Å²) in [6.07, 6.45) is 2.92. The summed E-state index contributed by atoms with van der Waals surface area (Å²) in [5, 5.41) is 9.28. The van der Waals surface area contributed by atoms with E-state index in [1.807, 2.05) is 0 Å². The predicted octanol–water partition coefficient (Wildman–Crippen LogP) is 2.28. The van der Waals surface area contributed by atoms with Crippen molar-refractivity contribution in [2.75, 3.05) is 0 Å². The molecule has 1 fully saturated rings. The lowest BCUT2D eigenvalue weighted by molar-refractivity contribution is 0.257. The second-order valence-electron chi connectivity index (χ2n) is 6.00. The van der Waals surface area contributed by atoms with Gasteiger partial charge in [0.15, 0.2) is 0 Å². The highest BCUT2D eigenvalue weighted by atomic mass is 32.2. The molecule has 0 amide bonds. The van der Waals surface area contributed by atoms with Crippen molar-refractivity contribution in [3.8, 4) is 0 Å². The summed E-state index contributed by atoms with van der Waals surface area (Å²) in [6.45, 7) is 4.06. The Morgan fingerprint density at radius 1 is 1.15 bits per heavy atom. The van der Waals surface area contributed by atoms with E-state index < -0.39 is 10.0 Å². The van der Waals surface area contributed by atoms with Crippen molar-refractivity contribution in [1.29, 1.82) is 0 Å². The van der Waals surface area contributed by atoms with Crippen LogP contribution in [-0.4, -0.2) is 19.6 Å². The van der Waals surface area contributed by atoms with Gasteiger partial charge in [-0.2, -0.15) is 0 Å². The minimum Gasteiger partial charge on any atom is -0.392 e. The van der Waals surface area contributed by atoms with Gasteiger partial charge >= 0.3 is 0 Å². The van der Waals surface area contributed by atoms with Crippen LogP contribution in [0.4, 0.5) is 0 Å². The van der Waals surface area contributed by atoms with E-state index in [-0.39, 0.29) is 17.5 Å². The van der Waals surface area contributed by atoms with E-state index in [9.17, 15) is 13.5 Å². The molecule has 2 unspecified atom stereocenters. The highest BCUT2D eigenvalue weighted by Gasteiger charge is 2.28. The van der Waals surface area contributed by atoms with Crippen LogP contribution in [0.2, 0.25) is 0 Å². The second-order valence-corrected chi connectivity index (χ2v) is 7.68. The van der Waals surface area contributed by atoms with E-state index in [0.717, 1.165) is 19.3 Å². The molecule has 112 valence electrons. The van der Waals surface area contributed by atoms with Crippen LogP contribution < -0.4 is 4.72 Å². The number of hydrogen-bond donors (Lipinski definition) is 2. The SMILES string of the molecule is CC1CC(C)CC(NS(=O)(=O)c2ccccc2CO)C1. The summed E-state index contributed by atoms with van der Waals surface area (Å²) in [4.78, 5) is 0.188. The maximum Gasteiger partial charge on any atom is 0.241 e. The molecule has 1 saturated carbocycles. The summed E-state index contributed by atoms with van der Waals surface area (Å²) < 4.78 is 27.8. The van der Waals surface area contributed by atoms with Crippen LogP contribution >= 0.6 is 0 Å². The third-order valence-corrected chi connectivity index (χ3v) is 5.55. The molecule has 0 aromatic heterocycles. The Balaban J connectivity index is 2.19. The Morgan fingerprint density at radius 3 is 2.35 bits per heavy atom. The number of rotatable bonds is 4. The molecule has 2 N–H and O–H groups in total. The first-order valence-electron chi connectivity index (χ1n) is 7.13. The number of hydrogen-bond acceptors (Lipinski definition) is 3. The maximum absolute atomic E-state index is 12.5. The number of nitrogens with one attached hydrogen (secondary N) is 1. The molecule has 4 nitrogen and oxygen atoms in total. The van der Waals surface area contributed by atoms with Gasteiger partial charge in [0.25, 0.3) is 0 Å². The van der Waals surface area contributed by atoms with Crippen molar-refractivity contribution in [3.05, 3.63) is 29.8 Å². The van der Waals surface area contributed by atoms with Gasteiger partial charge in [0.05, 0.1) is 11.5 Å². The van der Waals surface area contributed by atoms with E-state index in [4.69, 9.17) is 0 Å². The molecule has 0 saturated heterocycles. The van der Waals surface area contributed by atoms with Crippen LogP contribution in [0.1, 0.15) is 38.7 Å². The average Bonchev–Trinajstić information content (AvgIpc) is 2.36. The zero-order chi connectivity index (χ0) is 14.8. The van der Waals surface area contributed by atoms with Crippen molar-refractivity contribution in [2.24, 2.45) is 11.8 Å². The molecule has 1 aliphatic carbocycles. The van der Waals surface area contributed by atoms with Gasteiger partial charge < -0.3 is 5.11 Å². The predicted molar refractivity (Wildman–Crippen MR) is 78.7 cm³/mol. The third-order valence-electron chi connectivity index (χ3n) is 3.93. The zero-order valence-electron chi connectivity index (χ0n) is 12.0. The normalized spacial score (nSPS) is 27.4. The molecule has 0 spiro atoms. The third kappa shape index (κ3) is 3.59. The van der Waals surface area contributed by atoms with Crippen LogP contribution in [-0.2, 0) is 16.6 Å². The van der Waals surface area contributed by atoms with Crippen LogP contribution in [0, 0.1) is 11.8 Å². The average molecular weight is 297 g/mol. The van der Waals surface area contributed by atoms with Crippen LogP contribution in [0.5, 0.6) is 0 Å². The van der Waals surface area contributed by atoms with E-state index in [1.54, 1.807) is 24.3 Å².